The van der Waals surface area contributed by atoms with Gasteiger partial charge in [0.15, 0.2) is 0 Å². The van der Waals surface area contributed by atoms with E-state index in [2.05, 4.69) is 37.8 Å². The summed E-state index contributed by atoms with van der Waals surface area (Å²) in [5, 5.41) is 14.0. The Balaban J connectivity index is 0.00000171. The third-order valence-corrected chi connectivity index (χ3v) is 7.77. The van der Waals surface area contributed by atoms with Crippen LogP contribution in [0.4, 0.5) is 0 Å². The van der Waals surface area contributed by atoms with Crippen molar-refractivity contribution in [3.8, 4) is 6.07 Å². The van der Waals surface area contributed by atoms with Crippen molar-refractivity contribution in [3.63, 3.8) is 0 Å². The van der Waals surface area contributed by atoms with Crippen LogP contribution in [0.15, 0.2) is 58.5 Å². The van der Waals surface area contributed by atoms with Crippen LogP contribution in [0.25, 0.3) is 11.7 Å². The van der Waals surface area contributed by atoms with Gasteiger partial charge in [0.05, 0.1) is 32.8 Å². The van der Waals surface area contributed by atoms with Crippen molar-refractivity contribution in [2.75, 3.05) is 26.2 Å². The molecule has 0 unspecified atom stereocenters. The molecule has 35 heavy (non-hydrogen) atoms. The number of nitrogens with one attached hydrogen (secondary N) is 1. The van der Waals surface area contributed by atoms with E-state index >= 15 is 0 Å². The van der Waals surface area contributed by atoms with Gasteiger partial charge < -0.3 is 10.2 Å². The molecule has 0 bridgehead atoms. The van der Waals surface area contributed by atoms with Gasteiger partial charge >= 0.3 is 0 Å². The lowest BCUT2D eigenvalue weighted by Crippen LogP contribution is -2.42. The number of hydrogen-bond acceptors (Lipinski definition) is 5. The summed E-state index contributed by atoms with van der Waals surface area (Å²) in [5.74, 6) is -0.0323. The maximum Gasteiger partial charge on any atom is 0.258 e. The standard InChI is InChI=1S/C26H27N5OS.2ClH/c1-19-21-17-22(33-24-10-5-9-23(29-19)31(21)24)25(32)28-13-6-14-30-15-11-26(18-27,12-16-30)20-7-3-2-4-8-20;;/h2-5,7-10,17H,6,11-16H2,1H3,(H,28,32);2*1H. The van der Waals surface area contributed by atoms with Crippen LogP contribution < -0.4 is 5.32 Å². The third kappa shape index (κ3) is 5.36. The first-order valence-corrected chi connectivity index (χ1v) is 12.3. The van der Waals surface area contributed by atoms with Gasteiger partial charge in [-0.1, -0.05) is 48.2 Å². The second-order valence-corrected chi connectivity index (χ2v) is 9.82. The van der Waals surface area contributed by atoms with Crippen molar-refractivity contribution >= 4 is 54.2 Å². The summed E-state index contributed by atoms with van der Waals surface area (Å²) in [6.45, 7) is 5.35. The largest absolute Gasteiger partial charge is 0.352 e. The van der Waals surface area contributed by atoms with Gasteiger partial charge in [-0.15, -0.1) is 24.8 Å². The van der Waals surface area contributed by atoms with Gasteiger partial charge in [0.25, 0.3) is 5.91 Å². The Morgan fingerprint density at radius 1 is 1.14 bits per heavy atom. The maximum absolute atomic E-state index is 12.8. The molecule has 2 aliphatic heterocycles. The van der Waals surface area contributed by atoms with E-state index in [0.717, 1.165) is 66.5 Å². The second-order valence-electron chi connectivity index (χ2n) is 8.76. The highest BCUT2D eigenvalue weighted by atomic mass is 35.5. The zero-order valence-electron chi connectivity index (χ0n) is 19.6. The molecule has 1 aromatic carbocycles. The Labute approximate surface area is 222 Å². The molecular formula is C26H29Cl2N5OS. The van der Waals surface area contributed by atoms with Crippen LogP contribution in [-0.2, 0) is 10.2 Å². The summed E-state index contributed by atoms with van der Waals surface area (Å²) in [5.41, 5.74) is 3.59. The van der Waals surface area contributed by atoms with E-state index < -0.39 is 0 Å². The van der Waals surface area contributed by atoms with Gasteiger partial charge in [0.1, 0.15) is 5.65 Å². The zero-order chi connectivity index (χ0) is 22.8. The van der Waals surface area contributed by atoms with Gasteiger partial charge in [0.2, 0.25) is 0 Å². The van der Waals surface area contributed by atoms with Gasteiger partial charge in [-0.25, -0.2) is 4.98 Å². The molecule has 0 aliphatic carbocycles. The molecule has 4 heterocycles. The van der Waals surface area contributed by atoms with Gasteiger partial charge in [-0.05, 0) is 69.6 Å². The Kier molecular flexibility index (Phi) is 8.89. The Morgan fingerprint density at radius 2 is 1.89 bits per heavy atom. The molecule has 3 aromatic rings. The number of pyridine rings is 1. The van der Waals surface area contributed by atoms with E-state index in [9.17, 15) is 10.1 Å². The average molecular weight is 531 g/mol. The van der Waals surface area contributed by atoms with Gasteiger partial charge in [-0.3, -0.25) is 9.20 Å². The topological polar surface area (TPSA) is 73.4 Å². The Bertz CT molecular complexity index is 1260. The van der Waals surface area contributed by atoms with E-state index in [1.807, 2.05) is 49.4 Å². The number of halogens is 2. The van der Waals surface area contributed by atoms with Crippen LogP contribution in [0.1, 0.15) is 36.2 Å². The molecule has 0 saturated carbocycles. The maximum atomic E-state index is 12.8. The van der Waals surface area contributed by atoms with Gasteiger partial charge in [-0.2, -0.15) is 5.26 Å². The predicted octanol–water partition coefficient (Wildman–Crippen LogP) is 5.00. The smallest absolute Gasteiger partial charge is 0.258 e. The zero-order valence-corrected chi connectivity index (χ0v) is 22.0. The Hall–Kier alpha value is -2.50. The van der Waals surface area contributed by atoms with Crippen LogP contribution >= 0.6 is 36.6 Å². The minimum Gasteiger partial charge on any atom is -0.352 e. The Morgan fingerprint density at radius 3 is 2.60 bits per heavy atom. The number of nitriles is 1. The first-order chi connectivity index (χ1) is 16.1. The monoisotopic (exact) mass is 529 g/mol. The molecule has 0 spiro atoms. The van der Waals surface area contributed by atoms with Crippen molar-refractivity contribution in [1.29, 1.82) is 5.26 Å². The highest BCUT2D eigenvalue weighted by Gasteiger charge is 2.36. The number of likely N-dealkylation sites (tertiary alicyclic amines) is 1. The fourth-order valence-electron chi connectivity index (χ4n) is 4.80. The van der Waals surface area contributed by atoms with Crippen LogP contribution in [0.5, 0.6) is 0 Å². The summed E-state index contributed by atoms with van der Waals surface area (Å²) in [4.78, 5) is 20.5. The summed E-state index contributed by atoms with van der Waals surface area (Å²) < 4.78 is 2.10. The molecule has 5 rings (SSSR count). The lowest BCUT2D eigenvalue weighted by atomic mass is 9.74. The van der Waals surface area contributed by atoms with E-state index in [1.165, 1.54) is 11.8 Å². The van der Waals surface area contributed by atoms with Gasteiger partial charge in [0, 0.05) is 6.54 Å². The molecule has 1 N–H and O–H groups in total. The van der Waals surface area contributed by atoms with Crippen LogP contribution in [0, 0.1) is 18.3 Å². The molecule has 2 aromatic heterocycles. The fraction of sp³-hybridized carbons (Fsp3) is 0.346. The van der Waals surface area contributed by atoms with E-state index in [0.29, 0.717) is 11.4 Å². The molecule has 1 amide bonds. The number of rotatable bonds is 6. The normalized spacial score (nSPS) is 16.4. The minimum absolute atomic E-state index is 0. The van der Waals surface area contributed by atoms with Crippen LogP contribution in [0.2, 0.25) is 0 Å². The number of benzene rings is 1. The van der Waals surface area contributed by atoms with Crippen molar-refractivity contribution in [2.24, 2.45) is 0 Å². The van der Waals surface area contributed by atoms with Crippen LogP contribution in [0.3, 0.4) is 0 Å². The number of aromatic nitrogens is 2. The van der Waals surface area contributed by atoms with Crippen molar-refractivity contribution in [1.82, 2.24) is 19.6 Å². The van der Waals surface area contributed by atoms with Crippen molar-refractivity contribution < 1.29 is 4.79 Å². The molecule has 6 nitrogen and oxygen atoms in total. The number of imidazole rings is 1. The molecule has 184 valence electrons. The first-order valence-electron chi connectivity index (χ1n) is 11.4. The van der Waals surface area contributed by atoms with E-state index in [-0.39, 0.29) is 36.1 Å². The number of thioether (sulfide) groups is 1. The second kappa shape index (κ2) is 11.5. The molecule has 0 atom stereocenters. The fourth-order valence-corrected chi connectivity index (χ4v) is 5.79. The molecule has 2 aliphatic rings. The number of carbonyl (C=O) groups excluding carboxylic acids is 1. The third-order valence-electron chi connectivity index (χ3n) is 6.72. The minimum atomic E-state index is -0.371. The molecule has 9 heteroatoms. The number of nitrogens with zero attached hydrogens (tertiary/aromatic N) is 4. The summed E-state index contributed by atoms with van der Waals surface area (Å²) in [6.07, 6.45) is 4.53. The molecule has 1 fully saturated rings. The average Bonchev–Trinajstić information content (AvgIpc) is 3.19. The quantitative estimate of drug-likeness (QED) is 0.455. The summed E-state index contributed by atoms with van der Waals surface area (Å²) in [7, 11) is 0. The molecular weight excluding hydrogens is 501 g/mol. The van der Waals surface area contributed by atoms with E-state index in [4.69, 9.17) is 0 Å². The lowest BCUT2D eigenvalue weighted by Gasteiger charge is -2.37. The molecule has 1 saturated heterocycles. The number of piperidine rings is 1. The lowest BCUT2D eigenvalue weighted by molar-refractivity contribution is -0.116. The summed E-state index contributed by atoms with van der Waals surface area (Å²) >= 11 is 1.49. The first kappa shape index (κ1) is 27.1. The number of carbonyl (C=O) groups is 1. The van der Waals surface area contributed by atoms with Crippen LogP contribution in [-0.4, -0.2) is 46.4 Å². The number of hydrogen-bond donors (Lipinski definition) is 1. The van der Waals surface area contributed by atoms with Crippen molar-refractivity contribution in [3.05, 3.63) is 70.4 Å². The molecule has 0 radical (unpaired) electrons. The number of amides is 1. The predicted molar refractivity (Wildman–Crippen MR) is 145 cm³/mol. The van der Waals surface area contributed by atoms with E-state index in [1.54, 1.807) is 0 Å². The number of aryl methyl sites for hydroxylation is 1. The summed E-state index contributed by atoms with van der Waals surface area (Å²) in [6, 6.07) is 18.7. The highest BCUT2D eigenvalue weighted by Crippen LogP contribution is 2.36. The van der Waals surface area contributed by atoms with Crippen molar-refractivity contribution in [2.45, 2.75) is 36.6 Å². The highest BCUT2D eigenvalue weighted by molar-refractivity contribution is 8.04. The SMILES string of the molecule is Cc1nc2cccc3n2c1C=C(C(=O)NCCCN1CCC(C#N)(c2ccccc2)CC1)S3.Cl.Cl.